The number of nitrogens with zero attached hydrogens (tertiary/aromatic N) is 3. The summed E-state index contributed by atoms with van der Waals surface area (Å²) < 4.78 is 5.33. The monoisotopic (exact) mass is 257 g/mol. The molecule has 0 N–H and O–H groups in total. The van der Waals surface area contributed by atoms with E-state index in [9.17, 15) is 4.79 Å². The highest BCUT2D eigenvalue weighted by atomic mass is 35.5. The van der Waals surface area contributed by atoms with Gasteiger partial charge in [-0.3, -0.25) is 0 Å². The van der Waals surface area contributed by atoms with Crippen molar-refractivity contribution < 1.29 is 9.53 Å². The van der Waals surface area contributed by atoms with Gasteiger partial charge in [-0.25, -0.2) is 4.79 Å². The molecule has 1 aromatic rings. The van der Waals surface area contributed by atoms with Crippen LogP contribution in [0, 0.1) is 0 Å². The van der Waals surface area contributed by atoms with E-state index in [4.69, 9.17) is 21.9 Å². The van der Waals surface area contributed by atoms with Gasteiger partial charge in [0, 0.05) is 4.91 Å². The van der Waals surface area contributed by atoms with Crippen LogP contribution >= 0.6 is 22.9 Å². The molecule has 1 heterocycles. The molecule has 0 aliphatic heterocycles. The van der Waals surface area contributed by atoms with Gasteiger partial charge in [-0.2, -0.15) is 0 Å². The Bertz CT molecular complexity index is 463. The molecule has 0 radical (unpaired) electrons. The normalized spacial score (nSPS) is 10.8. The standard InChI is InChI=1S/C9H8ClN3O2S/c1-2-15-9(14)7(12-13-11)3-6-4-8(10)16-5-6/h3-5H,2H2,1H3/b7-3-. The second-order valence-electron chi connectivity index (χ2n) is 2.62. The SMILES string of the molecule is CCOC(=O)/C(=C/c1csc(Cl)c1)N=[N+]=[N-]. The highest BCUT2D eigenvalue weighted by Gasteiger charge is 2.08. The maximum Gasteiger partial charge on any atom is 0.340 e. The molecule has 1 rings (SSSR count). The van der Waals surface area contributed by atoms with E-state index in [-0.39, 0.29) is 12.3 Å². The zero-order chi connectivity index (χ0) is 12.0. The Balaban J connectivity index is 2.97. The number of thiophene rings is 1. The number of esters is 1. The number of halogens is 1. The summed E-state index contributed by atoms with van der Waals surface area (Å²) in [7, 11) is 0. The Labute approximate surface area is 101 Å². The van der Waals surface area contributed by atoms with E-state index in [2.05, 4.69) is 10.0 Å². The Morgan fingerprint density at radius 1 is 1.81 bits per heavy atom. The number of rotatable bonds is 4. The smallest absolute Gasteiger partial charge is 0.340 e. The van der Waals surface area contributed by atoms with Crippen LogP contribution in [-0.2, 0) is 9.53 Å². The lowest BCUT2D eigenvalue weighted by Crippen LogP contribution is -2.05. The summed E-state index contributed by atoms with van der Waals surface area (Å²) in [6.07, 6.45) is 1.43. The third-order valence-corrected chi connectivity index (χ3v) is 2.64. The largest absolute Gasteiger partial charge is 0.462 e. The second-order valence-corrected chi connectivity index (χ2v) is 4.17. The molecule has 0 unspecified atom stereocenters. The van der Waals surface area contributed by atoms with Gasteiger partial charge in [0.05, 0.1) is 10.9 Å². The van der Waals surface area contributed by atoms with E-state index < -0.39 is 5.97 Å². The van der Waals surface area contributed by atoms with Gasteiger partial charge in [0.15, 0.2) is 0 Å². The van der Waals surface area contributed by atoms with E-state index in [1.165, 1.54) is 17.4 Å². The molecule has 5 nitrogen and oxygen atoms in total. The number of carbonyl (C=O) groups excluding carboxylic acids is 1. The predicted molar refractivity (Wildman–Crippen MR) is 63.1 cm³/mol. The summed E-state index contributed by atoms with van der Waals surface area (Å²) in [5.74, 6) is -0.650. The molecule has 0 aliphatic carbocycles. The van der Waals surface area contributed by atoms with Crippen LogP contribution in [0.5, 0.6) is 0 Å². The highest BCUT2D eigenvalue weighted by Crippen LogP contribution is 2.22. The van der Waals surface area contributed by atoms with Crippen LogP contribution in [0.4, 0.5) is 0 Å². The first-order valence-corrected chi connectivity index (χ1v) is 5.61. The van der Waals surface area contributed by atoms with Crippen molar-refractivity contribution in [1.82, 2.24) is 0 Å². The Hall–Kier alpha value is -1.49. The van der Waals surface area contributed by atoms with Gasteiger partial charge in [-0.05, 0) is 35.5 Å². The van der Waals surface area contributed by atoms with Crippen molar-refractivity contribution in [2.24, 2.45) is 5.11 Å². The Morgan fingerprint density at radius 2 is 2.56 bits per heavy atom. The summed E-state index contributed by atoms with van der Waals surface area (Å²) in [6.45, 7) is 1.90. The van der Waals surface area contributed by atoms with E-state index >= 15 is 0 Å². The molecule has 0 fully saturated rings. The van der Waals surface area contributed by atoms with Crippen LogP contribution < -0.4 is 0 Å². The zero-order valence-corrected chi connectivity index (χ0v) is 9.96. The van der Waals surface area contributed by atoms with Gasteiger partial charge in [0.25, 0.3) is 0 Å². The lowest BCUT2D eigenvalue weighted by Gasteiger charge is -1.99. The molecule has 0 aliphatic rings. The van der Waals surface area contributed by atoms with E-state index in [1.807, 2.05) is 0 Å². The first-order chi connectivity index (χ1) is 7.67. The molecular weight excluding hydrogens is 250 g/mol. The molecule has 7 heteroatoms. The molecule has 0 saturated carbocycles. The molecule has 84 valence electrons. The molecular formula is C9H8ClN3O2S. The number of carbonyl (C=O) groups is 1. The van der Waals surface area contributed by atoms with Crippen LogP contribution in [0.1, 0.15) is 12.5 Å². The van der Waals surface area contributed by atoms with Crippen molar-refractivity contribution in [3.8, 4) is 0 Å². The molecule has 16 heavy (non-hydrogen) atoms. The van der Waals surface area contributed by atoms with E-state index in [1.54, 1.807) is 18.4 Å². The maximum atomic E-state index is 11.4. The second kappa shape index (κ2) is 6.17. The summed E-state index contributed by atoms with van der Waals surface area (Å²) in [5, 5.41) is 5.02. The van der Waals surface area contributed by atoms with Gasteiger partial charge < -0.3 is 4.74 Å². The highest BCUT2D eigenvalue weighted by molar-refractivity contribution is 7.14. The first-order valence-electron chi connectivity index (χ1n) is 4.35. The van der Waals surface area contributed by atoms with Crippen LogP contribution in [0.3, 0.4) is 0 Å². The van der Waals surface area contributed by atoms with Crippen molar-refractivity contribution in [2.45, 2.75) is 6.92 Å². The molecule has 0 aromatic carbocycles. The van der Waals surface area contributed by atoms with Crippen LogP contribution in [0.15, 0.2) is 22.3 Å². The van der Waals surface area contributed by atoms with Gasteiger partial charge in [0.1, 0.15) is 5.70 Å². The van der Waals surface area contributed by atoms with Gasteiger partial charge in [0.2, 0.25) is 0 Å². The fraction of sp³-hybridized carbons (Fsp3) is 0.222. The quantitative estimate of drug-likeness (QED) is 0.272. The van der Waals surface area contributed by atoms with Crippen molar-refractivity contribution >= 4 is 35.0 Å². The van der Waals surface area contributed by atoms with Crippen molar-refractivity contribution in [3.63, 3.8) is 0 Å². The van der Waals surface area contributed by atoms with Crippen LogP contribution in [-0.4, -0.2) is 12.6 Å². The van der Waals surface area contributed by atoms with Gasteiger partial charge in [-0.1, -0.05) is 16.7 Å². The van der Waals surface area contributed by atoms with Crippen molar-refractivity contribution in [1.29, 1.82) is 0 Å². The van der Waals surface area contributed by atoms with Crippen molar-refractivity contribution in [2.75, 3.05) is 6.61 Å². The van der Waals surface area contributed by atoms with Gasteiger partial charge in [-0.15, -0.1) is 11.3 Å². The summed E-state index contributed by atoms with van der Waals surface area (Å²) in [4.78, 5) is 13.9. The Morgan fingerprint density at radius 3 is 3.06 bits per heavy atom. The summed E-state index contributed by atoms with van der Waals surface area (Å²) in [5.41, 5.74) is 8.94. The van der Waals surface area contributed by atoms with Crippen molar-refractivity contribution in [3.05, 3.63) is 37.5 Å². The maximum absolute atomic E-state index is 11.4. The Kier molecular flexibility index (Phi) is 4.85. The molecule has 0 amide bonds. The third kappa shape index (κ3) is 3.58. The van der Waals surface area contributed by atoms with Crippen LogP contribution in [0.25, 0.3) is 16.5 Å². The summed E-state index contributed by atoms with van der Waals surface area (Å²) in [6, 6.07) is 1.67. The average molecular weight is 258 g/mol. The minimum absolute atomic E-state index is 0.0844. The molecule has 0 bridgehead atoms. The minimum atomic E-state index is -0.650. The first kappa shape index (κ1) is 12.6. The van der Waals surface area contributed by atoms with E-state index in [0.717, 1.165) is 0 Å². The third-order valence-electron chi connectivity index (χ3n) is 1.53. The number of hydrogen-bond donors (Lipinski definition) is 0. The lowest BCUT2D eigenvalue weighted by atomic mass is 10.3. The zero-order valence-electron chi connectivity index (χ0n) is 8.38. The number of azide groups is 1. The summed E-state index contributed by atoms with van der Waals surface area (Å²) >= 11 is 7.05. The number of ether oxygens (including phenoxy) is 1. The predicted octanol–water partition coefficient (Wildman–Crippen LogP) is 3.62. The lowest BCUT2D eigenvalue weighted by molar-refractivity contribution is -0.138. The molecule has 0 spiro atoms. The molecule has 0 saturated heterocycles. The number of hydrogen-bond acceptors (Lipinski definition) is 4. The fourth-order valence-corrected chi connectivity index (χ4v) is 1.79. The average Bonchev–Trinajstić information content (AvgIpc) is 2.64. The van der Waals surface area contributed by atoms with E-state index in [0.29, 0.717) is 9.90 Å². The van der Waals surface area contributed by atoms with Gasteiger partial charge >= 0.3 is 5.97 Å². The van der Waals surface area contributed by atoms with Crippen LogP contribution in [0.2, 0.25) is 4.34 Å². The molecule has 0 atom stereocenters. The molecule has 1 aromatic heterocycles. The topological polar surface area (TPSA) is 75.1 Å². The fourth-order valence-electron chi connectivity index (χ4n) is 0.939. The minimum Gasteiger partial charge on any atom is -0.462 e.